The van der Waals surface area contributed by atoms with Gasteiger partial charge < -0.3 is 14.9 Å². The number of carboxylic acids is 1. The van der Waals surface area contributed by atoms with E-state index in [9.17, 15) is 4.79 Å². The van der Waals surface area contributed by atoms with E-state index >= 15 is 0 Å². The SMILES string of the molecule is O=C(O)CCc1noc(C2CCCNC2)n1. The maximum atomic E-state index is 10.4. The summed E-state index contributed by atoms with van der Waals surface area (Å²) < 4.78 is 5.14. The molecule has 1 atom stereocenters. The molecule has 0 aliphatic carbocycles. The van der Waals surface area contributed by atoms with Gasteiger partial charge in [-0.25, -0.2) is 0 Å². The van der Waals surface area contributed by atoms with Crippen LogP contribution in [0.4, 0.5) is 0 Å². The van der Waals surface area contributed by atoms with Crippen LogP contribution in [0.25, 0.3) is 0 Å². The van der Waals surface area contributed by atoms with E-state index < -0.39 is 5.97 Å². The molecule has 2 rings (SSSR count). The number of aryl methyl sites for hydroxylation is 1. The van der Waals surface area contributed by atoms with E-state index in [2.05, 4.69) is 15.5 Å². The van der Waals surface area contributed by atoms with E-state index in [1.807, 2.05) is 0 Å². The molecule has 1 aliphatic heterocycles. The maximum absolute atomic E-state index is 10.4. The molecule has 1 aliphatic rings. The number of nitrogens with one attached hydrogen (secondary N) is 1. The number of aromatic nitrogens is 2. The largest absolute Gasteiger partial charge is 0.481 e. The fourth-order valence-electron chi connectivity index (χ4n) is 1.82. The third kappa shape index (κ3) is 2.79. The van der Waals surface area contributed by atoms with Gasteiger partial charge in [-0.1, -0.05) is 5.16 Å². The predicted octanol–water partition coefficient (Wildman–Crippen LogP) is 0.554. The second-order valence-electron chi connectivity index (χ2n) is 3.99. The summed E-state index contributed by atoms with van der Waals surface area (Å²) in [6.07, 6.45) is 2.53. The molecule has 1 aromatic rings. The van der Waals surface area contributed by atoms with Gasteiger partial charge in [0.05, 0.1) is 12.3 Å². The molecule has 1 aromatic heterocycles. The van der Waals surface area contributed by atoms with Crippen LogP contribution in [0.1, 0.15) is 36.9 Å². The number of carbonyl (C=O) groups is 1. The number of piperidine rings is 1. The third-order valence-corrected chi connectivity index (χ3v) is 2.69. The molecule has 0 spiro atoms. The molecular weight excluding hydrogens is 210 g/mol. The minimum atomic E-state index is -0.842. The van der Waals surface area contributed by atoms with Crippen LogP contribution < -0.4 is 5.32 Å². The Morgan fingerprint density at radius 3 is 3.19 bits per heavy atom. The van der Waals surface area contributed by atoms with Crippen molar-refractivity contribution in [2.24, 2.45) is 0 Å². The van der Waals surface area contributed by atoms with Crippen LogP contribution in [-0.2, 0) is 11.2 Å². The lowest BCUT2D eigenvalue weighted by Crippen LogP contribution is -2.28. The normalized spacial score (nSPS) is 20.9. The van der Waals surface area contributed by atoms with Gasteiger partial charge in [0.15, 0.2) is 5.82 Å². The Morgan fingerprint density at radius 1 is 1.62 bits per heavy atom. The number of hydrogen-bond acceptors (Lipinski definition) is 5. The number of nitrogens with zero attached hydrogens (tertiary/aromatic N) is 2. The standard InChI is InChI=1S/C10H15N3O3/c14-9(15)4-3-8-12-10(16-13-8)7-2-1-5-11-6-7/h7,11H,1-6H2,(H,14,15). The van der Waals surface area contributed by atoms with Crippen molar-refractivity contribution in [1.29, 1.82) is 0 Å². The zero-order valence-corrected chi connectivity index (χ0v) is 8.98. The second kappa shape index (κ2) is 5.07. The first-order chi connectivity index (χ1) is 7.75. The topological polar surface area (TPSA) is 88.2 Å². The highest BCUT2D eigenvalue weighted by molar-refractivity contribution is 5.66. The van der Waals surface area contributed by atoms with Crippen molar-refractivity contribution in [3.05, 3.63) is 11.7 Å². The van der Waals surface area contributed by atoms with Crippen molar-refractivity contribution in [2.75, 3.05) is 13.1 Å². The van der Waals surface area contributed by atoms with Crippen molar-refractivity contribution in [2.45, 2.75) is 31.6 Å². The van der Waals surface area contributed by atoms with Crippen LogP contribution in [0.15, 0.2) is 4.52 Å². The summed E-state index contributed by atoms with van der Waals surface area (Å²) in [4.78, 5) is 14.6. The summed E-state index contributed by atoms with van der Waals surface area (Å²) in [7, 11) is 0. The molecule has 1 fully saturated rings. The van der Waals surface area contributed by atoms with Gasteiger partial charge in [-0.2, -0.15) is 4.98 Å². The molecule has 1 saturated heterocycles. The average molecular weight is 225 g/mol. The highest BCUT2D eigenvalue weighted by Gasteiger charge is 2.21. The Bertz CT molecular complexity index is 358. The molecule has 0 amide bonds. The number of aliphatic carboxylic acids is 1. The number of hydrogen-bond donors (Lipinski definition) is 2. The molecule has 0 bridgehead atoms. The lowest BCUT2D eigenvalue weighted by molar-refractivity contribution is -0.137. The second-order valence-corrected chi connectivity index (χ2v) is 3.99. The monoisotopic (exact) mass is 225 g/mol. The van der Waals surface area contributed by atoms with Gasteiger partial charge >= 0.3 is 5.97 Å². The van der Waals surface area contributed by atoms with Gasteiger partial charge in [-0.05, 0) is 19.4 Å². The summed E-state index contributed by atoms with van der Waals surface area (Å²) in [6.45, 7) is 1.90. The van der Waals surface area contributed by atoms with Crippen LogP contribution in [0.3, 0.4) is 0 Å². The smallest absolute Gasteiger partial charge is 0.303 e. The van der Waals surface area contributed by atoms with Gasteiger partial charge in [0.25, 0.3) is 0 Å². The Hall–Kier alpha value is -1.43. The molecule has 0 radical (unpaired) electrons. The molecule has 1 unspecified atom stereocenters. The molecule has 16 heavy (non-hydrogen) atoms. The highest BCUT2D eigenvalue weighted by atomic mass is 16.5. The Morgan fingerprint density at radius 2 is 2.50 bits per heavy atom. The first-order valence-electron chi connectivity index (χ1n) is 5.50. The quantitative estimate of drug-likeness (QED) is 0.778. The molecule has 6 heteroatoms. The minimum absolute atomic E-state index is 0.0435. The van der Waals surface area contributed by atoms with E-state index in [0.29, 0.717) is 18.1 Å². The van der Waals surface area contributed by atoms with Crippen molar-refractivity contribution >= 4 is 5.97 Å². The van der Waals surface area contributed by atoms with Crippen LogP contribution in [0.5, 0.6) is 0 Å². The van der Waals surface area contributed by atoms with E-state index in [0.717, 1.165) is 25.9 Å². The van der Waals surface area contributed by atoms with Gasteiger partial charge in [-0.15, -0.1) is 0 Å². The Balaban J connectivity index is 1.93. The van der Waals surface area contributed by atoms with Crippen LogP contribution in [0, 0.1) is 0 Å². The molecule has 88 valence electrons. The molecular formula is C10H15N3O3. The minimum Gasteiger partial charge on any atom is -0.481 e. The average Bonchev–Trinajstić information content (AvgIpc) is 2.76. The maximum Gasteiger partial charge on any atom is 0.303 e. The third-order valence-electron chi connectivity index (χ3n) is 2.69. The lowest BCUT2D eigenvalue weighted by Gasteiger charge is -2.18. The summed E-state index contributed by atoms with van der Waals surface area (Å²) in [5.74, 6) is 0.557. The first kappa shape index (κ1) is 11.1. The van der Waals surface area contributed by atoms with Crippen molar-refractivity contribution in [3.8, 4) is 0 Å². The van der Waals surface area contributed by atoms with Crippen LogP contribution in [-0.4, -0.2) is 34.3 Å². The van der Waals surface area contributed by atoms with Gasteiger partial charge in [-0.3, -0.25) is 4.79 Å². The Kier molecular flexibility index (Phi) is 3.51. The van der Waals surface area contributed by atoms with Crippen molar-refractivity contribution in [1.82, 2.24) is 15.5 Å². The van der Waals surface area contributed by atoms with Crippen LogP contribution in [0.2, 0.25) is 0 Å². The summed E-state index contributed by atoms with van der Waals surface area (Å²) in [6, 6.07) is 0. The van der Waals surface area contributed by atoms with E-state index in [4.69, 9.17) is 9.63 Å². The van der Waals surface area contributed by atoms with Gasteiger partial charge in [0, 0.05) is 13.0 Å². The van der Waals surface area contributed by atoms with E-state index in [1.54, 1.807) is 0 Å². The fourth-order valence-corrected chi connectivity index (χ4v) is 1.82. The number of rotatable bonds is 4. The highest BCUT2D eigenvalue weighted by Crippen LogP contribution is 2.21. The number of carboxylic acid groups (broad SMARTS) is 1. The molecule has 6 nitrogen and oxygen atoms in total. The van der Waals surface area contributed by atoms with Gasteiger partial charge in [0.2, 0.25) is 5.89 Å². The van der Waals surface area contributed by atoms with Gasteiger partial charge in [0.1, 0.15) is 0 Å². The molecule has 0 saturated carbocycles. The zero-order chi connectivity index (χ0) is 11.4. The van der Waals surface area contributed by atoms with E-state index in [1.165, 1.54) is 0 Å². The lowest BCUT2D eigenvalue weighted by atomic mass is 10.00. The van der Waals surface area contributed by atoms with Crippen molar-refractivity contribution < 1.29 is 14.4 Å². The van der Waals surface area contributed by atoms with E-state index in [-0.39, 0.29) is 12.3 Å². The molecule has 2 N–H and O–H groups in total. The summed E-state index contributed by atoms with van der Waals surface area (Å²) in [5.41, 5.74) is 0. The fraction of sp³-hybridized carbons (Fsp3) is 0.700. The Labute approximate surface area is 93.0 Å². The van der Waals surface area contributed by atoms with Crippen LogP contribution >= 0.6 is 0 Å². The summed E-state index contributed by atoms with van der Waals surface area (Å²) >= 11 is 0. The zero-order valence-electron chi connectivity index (χ0n) is 8.98. The molecule has 2 heterocycles. The van der Waals surface area contributed by atoms with Crippen molar-refractivity contribution in [3.63, 3.8) is 0 Å². The predicted molar refractivity (Wildman–Crippen MR) is 55.1 cm³/mol. The summed E-state index contributed by atoms with van der Waals surface area (Å²) in [5, 5.41) is 15.6. The molecule has 0 aromatic carbocycles. The first-order valence-corrected chi connectivity index (χ1v) is 5.50.